The predicted octanol–water partition coefficient (Wildman–Crippen LogP) is 3.97. The summed E-state index contributed by atoms with van der Waals surface area (Å²) in [7, 11) is 0. The molecule has 1 heterocycles. The molecular weight excluding hydrogens is 457 g/mol. The molecule has 0 aliphatic carbocycles. The van der Waals surface area contributed by atoms with E-state index in [1.165, 1.54) is 12.1 Å². The maximum atomic E-state index is 13.8. The number of hydrogen-bond acceptors (Lipinski definition) is 4. The van der Waals surface area contributed by atoms with Crippen LogP contribution in [-0.4, -0.2) is 56.1 Å². The van der Waals surface area contributed by atoms with Gasteiger partial charge in [-0.3, -0.25) is 14.5 Å². The lowest BCUT2D eigenvalue weighted by molar-refractivity contribution is -0.120. The summed E-state index contributed by atoms with van der Waals surface area (Å²) in [5, 5.41) is 2.98. The second-order valence-electron chi connectivity index (χ2n) is 8.98. The Morgan fingerprint density at radius 2 is 1.72 bits per heavy atom. The predicted molar refractivity (Wildman–Crippen MR) is 139 cm³/mol. The number of carbonyl (C=O) groups is 2. The number of ether oxygens (including phenoxy) is 1. The zero-order valence-electron chi connectivity index (χ0n) is 20.6. The summed E-state index contributed by atoms with van der Waals surface area (Å²) in [6, 6.07) is 21.1. The molecule has 7 heteroatoms. The number of rotatable bonds is 9. The monoisotopic (exact) mass is 489 g/mol. The van der Waals surface area contributed by atoms with E-state index >= 15 is 0 Å². The zero-order valence-corrected chi connectivity index (χ0v) is 20.6. The van der Waals surface area contributed by atoms with Gasteiger partial charge in [0, 0.05) is 37.4 Å². The van der Waals surface area contributed by atoms with Gasteiger partial charge in [0.05, 0.1) is 26.2 Å². The number of amides is 2. The molecule has 188 valence electrons. The van der Waals surface area contributed by atoms with Crippen LogP contribution in [0.4, 0.5) is 10.1 Å². The van der Waals surface area contributed by atoms with Gasteiger partial charge in [0.15, 0.2) is 0 Å². The van der Waals surface area contributed by atoms with Crippen LogP contribution in [0.15, 0.2) is 72.8 Å². The van der Waals surface area contributed by atoms with E-state index in [9.17, 15) is 14.0 Å². The van der Waals surface area contributed by atoms with E-state index in [2.05, 4.69) is 10.2 Å². The summed E-state index contributed by atoms with van der Waals surface area (Å²) in [6.45, 7) is 6.80. The first-order valence-electron chi connectivity index (χ1n) is 12.3. The van der Waals surface area contributed by atoms with Gasteiger partial charge >= 0.3 is 0 Å². The Morgan fingerprint density at radius 1 is 0.972 bits per heavy atom. The Bertz CT molecular complexity index is 1180. The van der Waals surface area contributed by atoms with E-state index in [0.717, 1.165) is 44.0 Å². The number of benzene rings is 3. The number of anilines is 1. The van der Waals surface area contributed by atoms with Crippen LogP contribution in [0.2, 0.25) is 0 Å². The fourth-order valence-corrected chi connectivity index (χ4v) is 4.28. The average Bonchev–Trinajstić information content (AvgIpc) is 2.88. The number of nitrogens with zero attached hydrogens (tertiary/aromatic N) is 2. The molecule has 1 aliphatic heterocycles. The van der Waals surface area contributed by atoms with Gasteiger partial charge < -0.3 is 15.0 Å². The first-order valence-corrected chi connectivity index (χ1v) is 12.3. The smallest absolute Gasteiger partial charge is 0.258 e. The fraction of sp³-hybridized carbons (Fsp3) is 0.310. The molecule has 1 fully saturated rings. The minimum atomic E-state index is -0.342. The summed E-state index contributed by atoms with van der Waals surface area (Å²) >= 11 is 0. The minimum absolute atomic E-state index is 0.0383. The van der Waals surface area contributed by atoms with Crippen molar-refractivity contribution in [2.24, 2.45) is 0 Å². The molecule has 1 aliphatic rings. The SMILES string of the molecule is Cc1ccccc1C(=O)N(Cc1cccc(F)c1)c1ccc(CC(=O)NCCN2CCOCC2)cc1. The third kappa shape index (κ3) is 6.99. The van der Waals surface area contributed by atoms with Crippen molar-refractivity contribution in [3.8, 4) is 0 Å². The van der Waals surface area contributed by atoms with E-state index in [1.54, 1.807) is 23.1 Å². The van der Waals surface area contributed by atoms with E-state index < -0.39 is 0 Å². The highest BCUT2D eigenvalue weighted by Gasteiger charge is 2.20. The van der Waals surface area contributed by atoms with E-state index in [0.29, 0.717) is 23.4 Å². The second-order valence-corrected chi connectivity index (χ2v) is 8.98. The Kier molecular flexibility index (Phi) is 8.81. The Balaban J connectivity index is 1.43. The first-order chi connectivity index (χ1) is 17.5. The Labute approximate surface area is 211 Å². The van der Waals surface area contributed by atoms with Crippen molar-refractivity contribution in [2.45, 2.75) is 19.9 Å². The molecule has 0 saturated carbocycles. The van der Waals surface area contributed by atoms with Gasteiger partial charge in [-0.05, 0) is 53.9 Å². The molecule has 3 aromatic carbocycles. The van der Waals surface area contributed by atoms with Crippen molar-refractivity contribution in [2.75, 3.05) is 44.3 Å². The van der Waals surface area contributed by atoms with Crippen LogP contribution in [0.1, 0.15) is 27.0 Å². The van der Waals surface area contributed by atoms with E-state index in [-0.39, 0.29) is 30.6 Å². The number of halogens is 1. The lowest BCUT2D eigenvalue weighted by Gasteiger charge is -2.26. The molecule has 0 spiro atoms. The number of hydrogen-bond donors (Lipinski definition) is 1. The summed E-state index contributed by atoms with van der Waals surface area (Å²) in [6.07, 6.45) is 0.263. The maximum Gasteiger partial charge on any atom is 0.258 e. The van der Waals surface area contributed by atoms with Gasteiger partial charge in [-0.2, -0.15) is 0 Å². The summed E-state index contributed by atoms with van der Waals surface area (Å²) in [4.78, 5) is 29.9. The fourth-order valence-electron chi connectivity index (χ4n) is 4.28. The lowest BCUT2D eigenvalue weighted by Crippen LogP contribution is -2.41. The molecule has 4 rings (SSSR count). The molecule has 0 unspecified atom stereocenters. The summed E-state index contributed by atoms with van der Waals surface area (Å²) in [5.41, 5.74) is 3.70. The third-order valence-electron chi connectivity index (χ3n) is 6.32. The van der Waals surface area contributed by atoms with Gasteiger partial charge in [0.25, 0.3) is 5.91 Å². The largest absolute Gasteiger partial charge is 0.379 e. The molecule has 0 radical (unpaired) electrons. The third-order valence-corrected chi connectivity index (χ3v) is 6.32. The average molecular weight is 490 g/mol. The molecule has 1 saturated heterocycles. The van der Waals surface area contributed by atoms with Crippen LogP contribution < -0.4 is 10.2 Å². The highest BCUT2D eigenvalue weighted by molar-refractivity contribution is 6.07. The van der Waals surface area contributed by atoms with Gasteiger partial charge in [-0.1, -0.05) is 42.5 Å². The molecule has 0 bridgehead atoms. The van der Waals surface area contributed by atoms with Crippen molar-refractivity contribution >= 4 is 17.5 Å². The standard InChI is InChI=1S/C29H32FN3O3/c1-22-5-2-3-8-27(22)29(35)33(21-24-6-4-7-25(30)19-24)26-11-9-23(10-12-26)20-28(34)31-13-14-32-15-17-36-18-16-32/h2-12,19H,13-18,20-21H2,1H3,(H,31,34). The van der Waals surface area contributed by atoms with Crippen LogP contribution in [-0.2, 0) is 22.5 Å². The number of morpholine rings is 1. The normalized spacial score (nSPS) is 13.8. The van der Waals surface area contributed by atoms with Crippen molar-refractivity contribution < 1.29 is 18.7 Å². The van der Waals surface area contributed by atoms with Crippen LogP contribution in [0.3, 0.4) is 0 Å². The van der Waals surface area contributed by atoms with Crippen molar-refractivity contribution in [1.82, 2.24) is 10.2 Å². The highest BCUT2D eigenvalue weighted by atomic mass is 19.1. The van der Waals surface area contributed by atoms with Gasteiger partial charge in [0.2, 0.25) is 5.91 Å². The van der Waals surface area contributed by atoms with Gasteiger partial charge in [-0.15, -0.1) is 0 Å². The number of aryl methyl sites for hydroxylation is 1. The van der Waals surface area contributed by atoms with Crippen LogP contribution in [0.5, 0.6) is 0 Å². The van der Waals surface area contributed by atoms with E-state index in [1.807, 2.05) is 49.4 Å². The summed E-state index contributed by atoms with van der Waals surface area (Å²) in [5.74, 6) is -0.541. The zero-order chi connectivity index (χ0) is 25.3. The molecule has 2 amide bonds. The van der Waals surface area contributed by atoms with Crippen LogP contribution >= 0.6 is 0 Å². The lowest BCUT2D eigenvalue weighted by atomic mass is 10.1. The molecule has 1 N–H and O–H groups in total. The van der Waals surface area contributed by atoms with Crippen molar-refractivity contribution in [3.63, 3.8) is 0 Å². The van der Waals surface area contributed by atoms with Gasteiger partial charge in [-0.25, -0.2) is 4.39 Å². The van der Waals surface area contributed by atoms with Crippen LogP contribution in [0.25, 0.3) is 0 Å². The van der Waals surface area contributed by atoms with E-state index in [4.69, 9.17) is 4.74 Å². The molecule has 3 aromatic rings. The molecular formula is C29H32FN3O3. The van der Waals surface area contributed by atoms with Crippen molar-refractivity contribution in [3.05, 3.63) is 101 Å². The second kappa shape index (κ2) is 12.4. The first kappa shape index (κ1) is 25.5. The number of nitrogens with one attached hydrogen (secondary N) is 1. The molecule has 36 heavy (non-hydrogen) atoms. The molecule has 0 aromatic heterocycles. The van der Waals surface area contributed by atoms with Gasteiger partial charge in [0.1, 0.15) is 5.82 Å². The topological polar surface area (TPSA) is 61.9 Å². The molecule has 0 atom stereocenters. The Hall–Kier alpha value is -3.55. The minimum Gasteiger partial charge on any atom is -0.379 e. The maximum absolute atomic E-state index is 13.8. The quantitative estimate of drug-likeness (QED) is 0.494. The molecule has 6 nitrogen and oxygen atoms in total. The van der Waals surface area contributed by atoms with Crippen LogP contribution in [0, 0.1) is 12.7 Å². The highest BCUT2D eigenvalue weighted by Crippen LogP contribution is 2.23. The van der Waals surface area contributed by atoms with Crippen molar-refractivity contribution in [1.29, 1.82) is 0 Å². The Morgan fingerprint density at radius 3 is 2.44 bits per heavy atom. The summed E-state index contributed by atoms with van der Waals surface area (Å²) < 4.78 is 19.2. The number of carbonyl (C=O) groups excluding carboxylic acids is 2.